The minimum atomic E-state index is -0.520. The summed E-state index contributed by atoms with van der Waals surface area (Å²) < 4.78 is 5.49. The zero-order valence-electron chi connectivity index (χ0n) is 10.6. The maximum Gasteiger partial charge on any atom is 0.274 e. The van der Waals surface area contributed by atoms with Crippen LogP contribution < -0.4 is 4.74 Å². The molecule has 2 rings (SSSR count). The van der Waals surface area contributed by atoms with Gasteiger partial charge < -0.3 is 4.74 Å². The van der Waals surface area contributed by atoms with Gasteiger partial charge in [0.2, 0.25) is 0 Å². The Kier molecular flexibility index (Phi) is 4.34. The summed E-state index contributed by atoms with van der Waals surface area (Å²) in [5, 5.41) is 21.3. The maximum absolute atomic E-state index is 10.8. The molecule has 0 amide bonds. The number of rotatable bonds is 5. The largest absolute Gasteiger partial charge is 0.457 e. The number of hydrogen-bond acceptors (Lipinski definition) is 5. The van der Waals surface area contributed by atoms with Crippen LogP contribution in [0.15, 0.2) is 42.5 Å². The van der Waals surface area contributed by atoms with Gasteiger partial charge in [-0.25, -0.2) is 0 Å². The van der Waals surface area contributed by atoms with E-state index >= 15 is 0 Å². The highest BCUT2D eigenvalue weighted by atomic mass is 35.5. The van der Waals surface area contributed by atoms with E-state index in [1.807, 2.05) is 0 Å². The zero-order valence-corrected chi connectivity index (χ0v) is 11.3. The molecule has 0 aromatic heterocycles. The molecule has 21 heavy (non-hydrogen) atoms. The Bertz CT molecular complexity index is 687. The van der Waals surface area contributed by atoms with Gasteiger partial charge >= 0.3 is 0 Å². The van der Waals surface area contributed by atoms with Crippen molar-refractivity contribution in [3.63, 3.8) is 0 Å². The molecular weight excluding hydrogens is 300 g/mol. The molecular formula is C13H9ClN2O5. The highest BCUT2D eigenvalue weighted by Crippen LogP contribution is 2.29. The molecule has 2 aromatic carbocycles. The quantitative estimate of drug-likeness (QED) is 0.472. The standard InChI is InChI=1S/C13H9ClN2O5/c14-8-9-7-12(5-6-13(9)16(19)20)21-11-3-1-10(2-4-11)15(17)18/h1-7H,8H2. The fourth-order valence-corrected chi connectivity index (χ4v) is 1.90. The molecule has 0 heterocycles. The molecule has 0 fully saturated rings. The van der Waals surface area contributed by atoms with Crippen molar-refractivity contribution in [2.45, 2.75) is 5.88 Å². The van der Waals surface area contributed by atoms with E-state index < -0.39 is 9.85 Å². The molecule has 0 saturated heterocycles. The van der Waals surface area contributed by atoms with Gasteiger partial charge in [0.25, 0.3) is 11.4 Å². The lowest BCUT2D eigenvalue weighted by atomic mass is 10.2. The van der Waals surface area contributed by atoms with Gasteiger partial charge in [-0.15, -0.1) is 11.6 Å². The topological polar surface area (TPSA) is 95.5 Å². The van der Waals surface area contributed by atoms with Crippen molar-refractivity contribution in [2.24, 2.45) is 0 Å². The van der Waals surface area contributed by atoms with Crippen LogP contribution in [0.2, 0.25) is 0 Å². The molecule has 0 aliphatic rings. The Morgan fingerprint density at radius 1 is 0.952 bits per heavy atom. The normalized spacial score (nSPS) is 10.1. The van der Waals surface area contributed by atoms with Crippen LogP contribution in [0.3, 0.4) is 0 Å². The number of hydrogen-bond donors (Lipinski definition) is 0. The Morgan fingerprint density at radius 3 is 2.10 bits per heavy atom. The van der Waals surface area contributed by atoms with Gasteiger partial charge in [-0.2, -0.15) is 0 Å². The van der Waals surface area contributed by atoms with Gasteiger partial charge in [-0.1, -0.05) is 0 Å². The predicted molar refractivity (Wildman–Crippen MR) is 75.8 cm³/mol. The first-order valence-corrected chi connectivity index (χ1v) is 6.30. The van der Waals surface area contributed by atoms with Gasteiger partial charge in [-0.3, -0.25) is 20.2 Å². The van der Waals surface area contributed by atoms with E-state index in [9.17, 15) is 20.2 Å². The fourth-order valence-electron chi connectivity index (χ4n) is 1.68. The summed E-state index contributed by atoms with van der Waals surface area (Å²) >= 11 is 5.67. The van der Waals surface area contributed by atoms with Crippen molar-refractivity contribution in [3.8, 4) is 11.5 Å². The zero-order chi connectivity index (χ0) is 15.4. The first kappa shape index (κ1) is 14.7. The minimum Gasteiger partial charge on any atom is -0.457 e. The first-order chi connectivity index (χ1) is 10.0. The molecule has 0 unspecified atom stereocenters. The Morgan fingerprint density at radius 2 is 1.57 bits per heavy atom. The van der Waals surface area contributed by atoms with Crippen LogP contribution in [-0.4, -0.2) is 9.85 Å². The second kappa shape index (κ2) is 6.19. The molecule has 0 saturated carbocycles. The molecule has 0 spiro atoms. The van der Waals surface area contributed by atoms with Crippen LogP contribution in [0.5, 0.6) is 11.5 Å². The number of alkyl halides is 1. The maximum atomic E-state index is 10.8. The molecule has 108 valence electrons. The van der Waals surface area contributed by atoms with E-state index in [4.69, 9.17) is 16.3 Å². The van der Waals surface area contributed by atoms with Crippen LogP contribution >= 0.6 is 11.6 Å². The Balaban J connectivity index is 2.23. The monoisotopic (exact) mass is 308 g/mol. The van der Waals surface area contributed by atoms with Crippen LogP contribution in [0, 0.1) is 20.2 Å². The molecule has 0 atom stereocenters. The third-order valence-electron chi connectivity index (χ3n) is 2.67. The summed E-state index contributed by atoms with van der Waals surface area (Å²) in [5.74, 6) is 0.730. The number of benzene rings is 2. The van der Waals surface area contributed by atoms with E-state index in [2.05, 4.69) is 0 Å². The summed E-state index contributed by atoms with van der Waals surface area (Å²) in [6.45, 7) is 0. The average Bonchev–Trinajstić information content (AvgIpc) is 2.47. The highest BCUT2D eigenvalue weighted by molar-refractivity contribution is 6.17. The molecule has 0 aliphatic carbocycles. The van der Waals surface area contributed by atoms with Gasteiger partial charge in [0, 0.05) is 23.8 Å². The number of non-ortho nitro benzene ring substituents is 1. The van der Waals surface area contributed by atoms with E-state index in [0.717, 1.165) is 0 Å². The highest BCUT2D eigenvalue weighted by Gasteiger charge is 2.14. The summed E-state index contributed by atoms with van der Waals surface area (Å²) in [7, 11) is 0. The Hall–Kier alpha value is -2.67. The van der Waals surface area contributed by atoms with Crippen LogP contribution in [0.4, 0.5) is 11.4 Å². The molecule has 0 aliphatic heterocycles. The second-order valence-electron chi connectivity index (χ2n) is 4.03. The van der Waals surface area contributed by atoms with E-state index in [1.165, 1.54) is 42.5 Å². The summed E-state index contributed by atoms with van der Waals surface area (Å²) in [6.07, 6.45) is 0. The molecule has 0 radical (unpaired) electrons. The van der Waals surface area contributed by atoms with Crippen LogP contribution in [-0.2, 0) is 5.88 Å². The van der Waals surface area contributed by atoms with Crippen molar-refractivity contribution >= 4 is 23.0 Å². The van der Waals surface area contributed by atoms with Crippen molar-refractivity contribution in [3.05, 3.63) is 68.3 Å². The smallest absolute Gasteiger partial charge is 0.274 e. The Labute approximate surface area is 124 Å². The number of nitrogens with zero attached hydrogens (tertiary/aromatic N) is 2. The number of halogens is 1. The minimum absolute atomic E-state index is 0.0201. The summed E-state index contributed by atoms with van der Waals surface area (Å²) in [6, 6.07) is 9.72. The summed E-state index contributed by atoms with van der Waals surface area (Å²) in [5.41, 5.74) is 0.203. The lowest BCUT2D eigenvalue weighted by molar-refractivity contribution is -0.385. The van der Waals surface area contributed by atoms with Crippen LogP contribution in [0.25, 0.3) is 0 Å². The second-order valence-corrected chi connectivity index (χ2v) is 4.30. The van der Waals surface area contributed by atoms with Gasteiger partial charge in [0.15, 0.2) is 0 Å². The predicted octanol–water partition coefficient (Wildman–Crippen LogP) is 4.03. The van der Waals surface area contributed by atoms with Gasteiger partial charge in [0.05, 0.1) is 15.7 Å². The SMILES string of the molecule is O=[N+]([O-])c1ccc(Oc2ccc([N+](=O)[O-])c(CCl)c2)cc1. The molecule has 0 bridgehead atoms. The third-order valence-corrected chi connectivity index (χ3v) is 2.96. The molecule has 7 nitrogen and oxygen atoms in total. The van der Waals surface area contributed by atoms with E-state index in [1.54, 1.807) is 0 Å². The van der Waals surface area contributed by atoms with Crippen molar-refractivity contribution < 1.29 is 14.6 Å². The molecule has 2 aromatic rings. The number of nitro benzene ring substituents is 2. The van der Waals surface area contributed by atoms with Gasteiger partial charge in [0.1, 0.15) is 11.5 Å². The third kappa shape index (κ3) is 3.46. The van der Waals surface area contributed by atoms with Crippen molar-refractivity contribution in [1.82, 2.24) is 0 Å². The lowest BCUT2D eigenvalue weighted by Crippen LogP contribution is -1.94. The average molecular weight is 309 g/mol. The molecule has 8 heteroatoms. The van der Waals surface area contributed by atoms with Crippen LogP contribution in [0.1, 0.15) is 5.56 Å². The first-order valence-electron chi connectivity index (χ1n) is 5.77. The molecule has 0 N–H and O–H groups in total. The van der Waals surface area contributed by atoms with Crippen molar-refractivity contribution in [1.29, 1.82) is 0 Å². The lowest BCUT2D eigenvalue weighted by Gasteiger charge is -2.07. The number of ether oxygens (including phenoxy) is 1. The van der Waals surface area contributed by atoms with Gasteiger partial charge in [-0.05, 0) is 24.3 Å². The fraction of sp³-hybridized carbons (Fsp3) is 0.0769. The van der Waals surface area contributed by atoms with Crippen molar-refractivity contribution in [2.75, 3.05) is 0 Å². The summed E-state index contributed by atoms with van der Waals surface area (Å²) in [4.78, 5) is 20.3. The number of nitro groups is 2. The van der Waals surface area contributed by atoms with E-state index in [0.29, 0.717) is 17.1 Å². The van der Waals surface area contributed by atoms with E-state index in [-0.39, 0.29) is 17.3 Å².